The molecule has 2 amide bonds. The second-order valence-electron chi connectivity index (χ2n) is 8.58. The minimum atomic E-state index is -2.34. The van der Waals surface area contributed by atoms with Gasteiger partial charge in [0.25, 0.3) is 6.48 Å². The molecule has 226 valence electrons. The fourth-order valence-electron chi connectivity index (χ4n) is 3.79. The van der Waals surface area contributed by atoms with Crippen LogP contribution in [0.4, 0.5) is 43.9 Å². The zero-order valence-corrected chi connectivity index (χ0v) is 20.8. The molecule has 7 nitrogen and oxygen atoms in total. The van der Waals surface area contributed by atoms with E-state index in [4.69, 9.17) is 14.2 Å². The second-order valence-corrected chi connectivity index (χ2v) is 8.58. The van der Waals surface area contributed by atoms with Crippen LogP contribution in [0.1, 0.15) is 24.0 Å². The SMILES string of the molecule is COC1OC(CNC(=O)CCc2c(F)c(F)c(F)c(F)c2F)C(CNC(=O)CCc2c(F)c(F)c(F)c(F)c2F)O1. The number of halogens is 10. The molecule has 0 saturated carbocycles. The van der Waals surface area contributed by atoms with Gasteiger partial charge in [-0.3, -0.25) is 9.59 Å². The molecule has 0 aliphatic carbocycles. The number of methoxy groups -OCH3 is 1. The van der Waals surface area contributed by atoms with Crippen LogP contribution in [-0.2, 0) is 36.6 Å². The van der Waals surface area contributed by atoms with Crippen LogP contribution in [0, 0.1) is 58.2 Å². The van der Waals surface area contributed by atoms with Gasteiger partial charge in [0, 0.05) is 44.2 Å². The Balaban J connectivity index is 1.53. The van der Waals surface area contributed by atoms with E-state index in [-0.39, 0.29) is 13.1 Å². The van der Waals surface area contributed by atoms with Crippen molar-refractivity contribution in [1.29, 1.82) is 0 Å². The molecule has 1 aliphatic rings. The van der Waals surface area contributed by atoms with Crippen molar-refractivity contribution in [3.05, 3.63) is 69.3 Å². The van der Waals surface area contributed by atoms with Gasteiger partial charge in [-0.05, 0) is 12.8 Å². The van der Waals surface area contributed by atoms with Crippen LogP contribution < -0.4 is 10.6 Å². The third-order valence-corrected chi connectivity index (χ3v) is 5.99. The molecule has 2 aromatic carbocycles. The van der Waals surface area contributed by atoms with E-state index in [1.54, 1.807) is 0 Å². The van der Waals surface area contributed by atoms with Gasteiger partial charge in [-0.25, -0.2) is 43.9 Å². The maximum atomic E-state index is 13.8. The maximum Gasteiger partial charge on any atom is 0.272 e. The van der Waals surface area contributed by atoms with E-state index in [9.17, 15) is 53.5 Å². The van der Waals surface area contributed by atoms with Gasteiger partial charge < -0.3 is 24.8 Å². The summed E-state index contributed by atoms with van der Waals surface area (Å²) in [6.07, 6.45) is -5.04. The maximum absolute atomic E-state index is 13.8. The van der Waals surface area contributed by atoms with Crippen LogP contribution >= 0.6 is 0 Å². The Bertz CT molecular complexity index is 1170. The number of amides is 2. The molecule has 41 heavy (non-hydrogen) atoms. The molecular weight excluding hydrogens is 586 g/mol. The molecule has 17 heteroatoms. The summed E-state index contributed by atoms with van der Waals surface area (Å²) in [6, 6.07) is 0. The first kappa shape index (κ1) is 32.1. The van der Waals surface area contributed by atoms with Gasteiger partial charge in [0.15, 0.2) is 46.5 Å². The average molecular weight is 606 g/mol. The van der Waals surface area contributed by atoms with Crippen molar-refractivity contribution >= 4 is 11.8 Å². The standard InChI is InChI=1S/C24H20F10N2O5/c1-39-24-40-10(6-35-12(37)4-2-8-14(25)18(29)22(33)19(30)15(8)26)11(41-24)7-36-13(38)5-3-9-16(27)20(31)23(34)21(32)17(9)28/h10-11,24H,2-7H2,1H3,(H,35,37)(H,36,38). The molecule has 1 heterocycles. The highest BCUT2D eigenvalue weighted by Crippen LogP contribution is 2.25. The molecule has 0 bridgehead atoms. The number of carbonyl (C=O) groups excluding carboxylic acids is 2. The first-order valence-electron chi connectivity index (χ1n) is 11.7. The van der Waals surface area contributed by atoms with E-state index in [0.29, 0.717) is 0 Å². The number of carbonyl (C=O) groups is 2. The Morgan fingerprint density at radius 3 is 1.17 bits per heavy atom. The number of hydrogen-bond acceptors (Lipinski definition) is 5. The Hall–Kier alpha value is -3.44. The zero-order chi connectivity index (χ0) is 30.6. The molecule has 0 radical (unpaired) electrons. The molecular formula is C24H20F10N2O5. The Morgan fingerprint density at radius 1 is 0.585 bits per heavy atom. The predicted molar refractivity (Wildman–Crippen MR) is 116 cm³/mol. The number of nitrogens with one attached hydrogen (secondary N) is 2. The van der Waals surface area contributed by atoms with Gasteiger partial charge in [-0.2, -0.15) is 0 Å². The van der Waals surface area contributed by atoms with E-state index >= 15 is 0 Å². The lowest BCUT2D eigenvalue weighted by molar-refractivity contribution is -0.227. The molecule has 2 unspecified atom stereocenters. The molecule has 0 aromatic heterocycles. The summed E-state index contributed by atoms with van der Waals surface area (Å²) in [6.45, 7) is -1.93. The van der Waals surface area contributed by atoms with Crippen LogP contribution in [0.3, 0.4) is 0 Å². The largest absolute Gasteiger partial charge is 0.353 e. The summed E-state index contributed by atoms with van der Waals surface area (Å²) in [5, 5.41) is 4.61. The van der Waals surface area contributed by atoms with Crippen LogP contribution in [0.25, 0.3) is 0 Å². The number of benzene rings is 2. The van der Waals surface area contributed by atoms with Crippen molar-refractivity contribution in [3.63, 3.8) is 0 Å². The molecule has 2 N–H and O–H groups in total. The van der Waals surface area contributed by atoms with E-state index in [1.807, 2.05) is 0 Å². The molecule has 2 atom stereocenters. The normalized spacial score (nSPS) is 18.6. The second kappa shape index (κ2) is 13.5. The van der Waals surface area contributed by atoms with E-state index in [2.05, 4.69) is 10.6 Å². The minimum Gasteiger partial charge on any atom is -0.353 e. The van der Waals surface area contributed by atoms with Crippen molar-refractivity contribution in [2.45, 2.75) is 44.4 Å². The first-order chi connectivity index (χ1) is 19.3. The molecule has 1 aliphatic heterocycles. The van der Waals surface area contributed by atoms with Crippen LogP contribution in [-0.4, -0.2) is 50.7 Å². The van der Waals surface area contributed by atoms with E-state index in [1.165, 1.54) is 7.11 Å². The van der Waals surface area contributed by atoms with Crippen molar-refractivity contribution in [2.24, 2.45) is 0 Å². The summed E-state index contributed by atoms with van der Waals surface area (Å²) in [4.78, 5) is 24.3. The van der Waals surface area contributed by atoms with Gasteiger partial charge in [0.2, 0.25) is 23.4 Å². The minimum absolute atomic E-state index is 0.332. The van der Waals surface area contributed by atoms with E-state index < -0.39 is 125 Å². The summed E-state index contributed by atoms with van der Waals surface area (Å²) < 4.78 is 150. The van der Waals surface area contributed by atoms with Gasteiger partial charge in [0.1, 0.15) is 12.2 Å². The summed E-state index contributed by atoms with van der Waals surface area (Å²) in [5.74, 6) is -23.3. The fraction of sp³-hybridized carbons (Fsp3) is 0.417. The number of hydrogen-bond donors (Lipinski definition) is 2. The summed E-state index contributed by atoms with van der Waals surface area (Å²) in [7, 11) is 1.19. The highest BCUT2D eigenvalue weighted by atomic mass is 19.2. The fourth-order valence-corrected chi connectivity index (χ4v) is 3.79. The molecule has 0 spiro atoms. The van der Waals surface area contributed by atoms with Gasteiger partial charge in [-0.15, -0.1) is 0 Å². The van der Waals surface area contributed by atoms with E-state index in [0.717, 1.165) is 0 Å². The van der Waals surface area contributed by atoms with Crippen molar-refractivity contribution in [2.75, 3.05) is 20.2 Å². The van der Waals surface area contributed by atoms with Gasteiger partial charge in [-0.1, -0.05) is 0 Å². The summed E-state index contributed by atoms with van der Waals surface area (Å²) in [5.41, 5.74) is -2.36. The molecule has 1 fully saturated rings. The predicted octanol–water partition coefficient (Wildman–Crippen LogP) is 3.59. The highest BCUT2D eigenvalue weighted by Gasteiger charge is 2.37. The van der Waals surface area contributed by atoms with Crippen molar-refractivity contribution in [1.82, 2.24) is 10.6 Å². The zero-order valence-electron chi connectivity index (χ0n) is 20.8. The Kier molecular flexibility index (Phi) is 10.5. The number of rotatable bonds is 11. The third-order valence-electron chi connectivity index (χ3n) is 5.99. The van der Waals surface area contributed by atoms with Crippen molar-refractivity contribution in [3.8, 4) is 0 Å². The molecule has 1 saturated heterocycles. The van der Waals surface area contributed by atoms with Crippen molar-refractivity contribution < 1.29 is 67.7 Å². The quantitative estimate of drug-likeness (QED) is 0.232. The Morgan fingerprint density at radius 2 is 0.878 bits per heavy atom. The topological polar surface area (TPSA) is 85.9 Å². The lowest BCUT2D eigenvalue weighted by atomic mass is 10.1. The number of ether oxygens (including phenoxy) is 3. The molecule has 2 aromatic rings. The monoisotopic (exact) mass is 606 g/mol. The first-order valence-corrected chi connectivity index (χ1v) is 11.7. The summed E-state index contributed by atoms with van der Waals surface area (Å²) >= 11 is 0. The third kappa shape index (κ3) is 7.08. The average Bonchev–Trinajstić information content (AvgIpc) is 3.36. The van der Waals surface area contributed by atoms with Gasteiger partial charge >= 0.3 is 0 Å². The lowest BCUT2D eigenvalue weighted by Gasteiger charge is -2.18. The van der Waals surface area contributed by atoms with Crippen LogP contribution in [0.15, 0.2) is 0 Å². The smallest absolute Gasteiger partial charge is 0.272 e. The lowest BCUT2D eigenvalue weighted by Crippen LogP contribution is -2.43. The van der Waals surface area contributed by atoms with Crippen LogP contribution in [0.5, 0.6) is 0 Å². The van der Waals surface area contributed by atoms with Gasteiger partial charge in [0.05, 0.1) is 0 Å². The highest BCUT2D eigenvalue weighted by molar-refractivity contribution is 5.76. The molecule has 3 rings (SSSR count). The van der Waals surface area contributed by atoms with Crippen LogP contribution in [0.2, 0.25) is 0 Å². The Labute approximate surface area is 224 Å².